The Bertz CT molecular complexity index is 1230. The van der Waals surface area contributed by atoms with Gasteiger partial charge in [-0.25, -0.2) is 9.97 Å². The average Bonchev–Trinajstić information content (AvgIpc) is 3.45. The number of amides is 1. The van der Waals surface area contributed by atoms with Crippen LogP contribution in [0.3, 0.4) is 0 Å². The van der Waals surface area contributed by atoms with Gasteiger partial charge in [0, 0.05) is 6.54 Å². The number of thioether (sulfide) groups is 1. The van der Waals surface area contributed by atoms with Crippen LogP contribution in [0.1, 0.15) is 27.5 Å². The summed E-state index contributed by atoms with van der Waals surface area (Å²) < 4.78 is 21.7. The van der Waals surface area contributed by atoms with Gasteiger partial charge in [0.25, 0.3) is 11.1 Å². The van der Waals surface area contributed by atoms with E-state index in [4.69, 9.17) is 18.3 Å². The van der Waals surface area contributed by atoms with Gasteiger partial charge in [0.2, 0.25) is 5.89 Å². The van der Waals surface area contributed by atoms with Crippen molar-refractivity contribution in [2.24, 2.45) is 0 Å². The van der Waals surface area contributed by atoms with E-state index in [1.807, 2.05) is 43.3 Å². The van der Waals surface area contributed by atoms with Crippen molar-refractivity contribution < 1.29 is 23.1 Å². The molecule has 1 N–H and O–H groups in total. The fourth-order valence-electron chi connectivity index (χ4n) is 3.18. The Balaban J connectivity index is 1.29. The van der Waals surface area contributed by atoms with Crippen LogP contribution >= 0.6 is 11.8 Å². The van der Waals surface area contributed by atoms with E-state index in [2.05, 4.69) is 15.3 Å². The highest BCUT2D eigenvalue weighted by atomic mass is 32.2. The largest absolute Gasteiger partial charge is 0.493 e. The molecule has 0 saturated heterocycles. The Morgan fingerprint density at radius 1 is 1.12 bits per heavy atom. The highest BCUT2D eigenvalue weighted by Gasteiger charge is 2.14. The van der Waals surface area contributed by atoms with Crippen LogP contribution in [0.4, 0.5) is 0 Å². The molecule has 32 heavy (non-hydrogen) atoms. The molecule has 8 nitrogen and oxygen atoms in total. The molecule has 0 fully saturated rings. The van der Waals surface area contributed by atoms with Gasteiger partial charge in [-0.2, -0.15) is 0 Å². The molecule has 0 aliphatic rings. The minimum absolute atomic E-state index is 0.237. The number of para-hydroxylation sites is 1. The Morgan fingerprint density at radius 2 is 1.97 bits per heavy atom. The lowest BCUT2D eigenvalue weighted by molar-refractivity contribution is 0.0949. The van der Waals surface area contributed by atoms with Gasteiger partial charge in [-0.15, -0.1) is 0 Å². The normalized spacial score (nSPS) is 11.0. The summed E-state index contributed by atoms with van der Waals surface area (Å²) >= 11 is 1.37. The fourth-order valence-corrected chi connectivity index (χ4v) is 3.86. The maximum absolute atomic E-state index is 12.4. The second-order valence-electron chi connectivity index (χ2n) is 7.01. The number of carbonyl (C=O) groups excluding carboxylic acids is 1. The molecule has 0 aliphatic heterocycles. The first-order valence-corrected chi connectivity index (χ1v) is 11.0. The van der Waals surface area contributed by atoms with Gasteiger partial charge in [-0.1, -0.05) is 30.0 Å². The molecule has 0 radical (unpaired) electrons. The monoisotopic (exact) mass is 453 g/mol. The number of aromatic nitrogens is 2. The van der Waals surface area contributed by atoms with Crippen molar-refractivity contribution in [2.75, 3.05) is 20.8 Å². The molecule has 1 amide bonds. The van der Waals surface area contributed by atoms with Crippen molar-refractivity contribution >= 4 is 28.8 Å². The fraction of sp³-hybridized carbons (Fsp3) is 0.261. The number of hydrogen-bond donors (Lipinski definition) is 1. The van der Waals surface area contributed by atoms with Gasteiger partial charge in [0.05, 0.1) is 20.0 Å². The third-order valence-corrected chi connectivity index (χ3v) is 5.66. The van der Waals surface area contributed by atoms with Crippen LogP contribution in [0.2, 0.25) is 0 Å². The molecule has 2 aromatic heterocycles. The topological polar surface area (TPSA) is 99.6 Å². The van der Waals surface area contributed by atoms with Gasteiger partial charge < -0.3 is 23.6 Å². The number of ether oxygens (including phenoxy) is 2. The van der Waals surface area contributed by atoms with Crippen molar-refractivity contribution in [3.05, 3.63) is 65.4 Å². The summed E-state index contributed by atoms with van der Waals surface area (Å²) in [7, 11) is 3.19. The summed E-state index contributed by atoms with van der Waals surface area (Å²) in [5, 5.41) is 3.39. The van der Waals surface area contributed by atoms with Crippen LogP contribution in [0.15, 0.2) is 56.7 Å². The number of oxazole rings is 2. The zero-order valence-electron chi connectivity index (χ0n) is 18.0. The highest BCUT2D eigenvalue weighted by Crippen LogP contribution is 2.28. The van der Waals surface area contributed by atoms with Crippen LogP contribution in [-0.2, 0) is 12.2 Å². The van der Waals surface area contributed by atoms with Crippen LogP contribution in [0, 0.1) is 6.92 Å². The zero-order valence-corrected chi connectivity index (χ0v) is 18.8. The van der Waals surface area contributed by atoms with Crippen LogP contribution in [0.25, 0.3) is 11.1 Å². The van der Waals surface area contributed by atoms with E-state index < -0.39 is 0 Å². The van der Waals surface area contributed by atoms with E-state index in [1.54, 1.807) is 14.2 Å². The molecule has 0 bridgehead atoms. The second kappa shape index (κ2) is 9.78. The summed E-state index contributed by atoms with van der Waals surface area (Å²) in [6.45, 7) is 2.44. The van der Waals surface area contributed by atoms with Crippen LogP contribution < -0.4 is 14.8 Å². The maximum atomic E-state index is 12.4. The lowest BCUT2D eigenvalue weighted by atomic mass is 10.1. The number of methoxy groups -OCH3 is 2. The second-order valence-corrected chi connectivity index (χ2v) is 7.94. The molecule has 2 aromatic carbocycles. The molecule has 4 rings (SSSR count). The van der Waals surface area contributed by atoms with E-state index in [1.165, 1.54) is 18.0 Å². The molecule has 2 heterocycles. The first kappa shape index (κ1) is 21.8. The summed E-state index contributed by atoms with van der Waals surface area (Å²) in [4.78, 5) is 21.1. The molecule has 166 valence electrons. The lowest BCUT2D eigenvalue weighted by Crippen LogP contribution is -2.26. The highest BCUT2D eigenvalue weighted by molar-refractivity contribution is 7.98. The summed E-state index contributed by atoms with van der Waals surface area (Å²) in [6.07, 6.45) is 2.00. The molecular weight excluding hydrogens is 430 g/mol. The minimum Gasteiger partial charge on any atom is -0.493 e. The van der Waals surface area contributed by atoms with Crippen molar-refractivity contribution in [1.29, 1.82) is 0 Å². The van der Waals surface area contributed by atoms with Crippen molar-refractivity contribution in [1.82, 2.24) is 15.3 Å². The quantitative estimate of drug-likeness (QED) is 0.372. The Hall–Kier alpha value is -3.46. The first-order chi connectivity index (χ1) is 15.6. The first-order valence-electron chi connectivity index (χ1n) is 10.00. The Kier molecular flexibility index (Phi) is 6.65. The number of carbonyl (C=O) groups is 1. The van der Waals surface area contributed by atoms with E-state index in [-0.39, 0.29) is 11.6 Å². The van der Waals surface area contributed by atoms with E-state index in [9.17, 15) is 4.79 Å². The van der Waals surface area contributed by atoms with Crippen LogP contribution in [-0.4, -0.2) is 36.6 Å². The summed E-state index contributed by atoms with van der Waals surface area (Å²) in [5.74, 6) is 1.87. The molecule has 0 atom stereocenters. The predicted octanol–water partition coefficient (Wildman–Crippen LogP) is 4.41. The van der Waals surface area contributed by atoms with Gasteiger partial charge in [0.15, 0.2) is 22.8 Å². The standard InChI is InChI=1S/C23H23N3O5S/c1-14-5-4-6-18-21(14)26-23(31-18)32-13-20-25-16(12-30-20)22(27)24-10-9-15-7-8-17(28-2)19(11-15)29-3/h4-8,11-12H,9-10,13H2,1-3H3,(H,24,27). The number of fused-ring (bicyclic) bond motifs is 1. The molecule has 0 aliphatic carbocycles. The van der Waals surface area contributed by atoms with Gasteiger partial charge in [-0.3, -0.25) is 4.79 Å². The Morgan fingerprint density at radius 3 is 2.75 bits per heavy atom. The van der Waals surface area contributed by atoms with Gasteiger partial charge in [-0.05, 0) is 42.7 Å². The smallest absolute Gasteiger partial charge is 0.273 e. The average molecular weight is 454 g/mol. The number of hydrogen-bond acceptors (Lipinski definition) is 8. The minimum atomic E-state index is -0.289. The zero-order chi connectivity index (χ0) is 22.5. The maximum Gasteiger partial charge on any atom is 0.273 e. The SMILES string of the molecule is COc1ccc(CCNC(=O)c2coc(CSc3nc4c(C)cccc4o3)n2)cc1OC. The van der Waals surface area contributed by atoms with E-state index in [0.717, 1.165) is 22.2 Å². The van der Waals surface area contributed by atoms with E-state index in [0.29, 0.717) is 41.3 Å². The number of aryl methyl sites for hydroxylation is 1. The number of nitrogens with one attached hydrogen (secondary N) is 1. The third-order valence-electron chi connectivity index (χ3n) is 4.85. The van der Waals surface area contributed by atoms with Gasteiger partial charge >= 0.3 is 0 Å². The van der Waals surface area contributed by atoms with Crippen LogP contribution in [0.5, 0.6) is 11.5 Å². The summed E-state index contributed by atoms with van der Waals surface area (Å²) in [5.41, 5.74) is 3.91. The van der Waals surface area contributed by atoms with Crippen molar-refractivity contribution in [3.63, 3.8) is 0 Å². The molecule has 0 saturated carbocycles. The number of benzene rings is 2. The van der Waals surface area contributed by atoms with Gasteiger partial charge in [0.1, 0.15) is 11.8 Å². The Labute approximate surface area is 189 Å². The van der Waals surface area contributed by atoms with Crippen molar-refractivity contribution in [3.8, 4) is 11.5 Å². The lowest BCUT2D eigenvalue weighted by Gasteiger charge is -2.09. The number of rotatable bonds is 9. The molecule has 0 unspecified atom stereocenters. The molecular formula is C23H23N3O5S. The summed E-state index contributed by atoms with van der Waals surface area (Å²) in [6, 6.07) is 11.5. The third kappa shape index (κ3) is 4.88. The molecule has 4 aromatic rings. The van der Waals surface area contributed by atoms with Crippen molar-refractivity contribution in [2.45, 2.75) is 24.3 Å². The molecule has 9 heteroatoms. The number of nitrogens with zero attached hydrogens (tertiary/aromatic N) is 2. The predicted molar refractivity (Wildman–Crippen MR) is 120 cm³/mol. The molecule has 0 spiro atoms. The van der Waals surface area contributed by atoms with E-state index >= 15 is 0 Å².